The third kappa shape index (κ3) is 4.89. The number of anilines is 1. The number of carbonyl (C=O) groups is 1. The van der Waals surface area contributed by atoms with Crippen LogP contribution in [0.4, 0.5) is 19.0 Å². The number of alkyl halides is 3. The first-order valence-corrected chi connectivity index (χ1v) is 9.59. The maximum Gasteiger partial charge on any atom is 0.419 e. The van der Waals surface area contributed by atoms with Crippen LogP contribution in [0.25, 0.3) is 0 Å². The van der Waals surface area contributed by atoms with Crippen molar-refractivity contribution in [3.63, 3.8) is 0 Å². The first-order chi connectivity index (χ1) is 12.8. The van der Waals surface area contributed by atoms with Crippen molar-refractivity contribution in [2.24, 2.45) is 17.6 Å². The first-order valence-electron chi connectivity index (χ1n) is 9.59. The molecule has 2 saturated heterocycles. The maximum atomic E-state index is 13.3. The van der Waals surface area contributed by atoms with Crippen molar-refractivity contribution in [3.8, 4) is 0 Å². The molecule has 2 N–H and O–H groups in total. The number of pyridine rings is 1. The molecule has 0 saturated carbocycles. The van der Waals surface area contributed by atoms with E-state index in [4.69, 9.17) is 5.73 Å². The smallest absolute Gasteiger partial charge is 0.355 e. The highest BCUT2D eigenvalue weighted by molar-refractivity contribution is 5.85. The summed E-state index contributed by atoms with van der Waals surface area (Å²) in [5, 5.41) is 0. The number of piperidine rings is 2. The molecule has 9 heteroatoms. The topological polar surface area (TPSA) is 62.5 Å². The number of aromatic nitrogens is 1. The van der Waals surface area contributed by atoms with Gasteiger partial charge in [0.25, 0.3) is 0 Å². The third-order valence-electron chi connectivity index (χ3n) is 5.70. The first kappa shape index (κ1) is 22.7. The molecule has 3 unspecified atom stereocenters. The Balaban J connectivity index is 0.00000280. The molecule has 0 aromatic carbocycles. The van der Waals surface area contributed by atoms with Gasteiger partial charge in [0.15, 0.2) is 0 Å². The van der Waals surface area contributed by atoms with Crippen LogP contribution in [0.1, 0.15) is 38.2 Å². The largest absolute Gasteiger partial charge is 0.419 e. The average Bonchev–Trinajstić information content (AvgIpc) is 2.66. The lowest BCUT2D eigenvalue weighted by Gasteiger charge is -2.42. The van der Waals surface area contributed by atoms with Crippen molar-refractivity contribution >= 4 is 24.1 Å². The lowest BCUT2D eigenvalue weighted by molar-refractivity contribution is -0.140. The minimum absolute atomic E-state index is 0. The summed E-state index contributed by atoms with van der Waals surface area (Å²) in [6.45, 7) is 4.00. The minimum atomic E-state index is -4.46. The molecule has 3 atom stereocenters. The number of amides is 1. The molecule has 1 amide bonds. The van der Waals surface area contributed by atoms with Crippen molar-refractivity contribution in [1.29, 1.82) is 0 Å². The van der Waals surface area contributed by atoms with Crippen LogP contribution < -0.4 is 10.6 Å². The number of carbonyl (C=O) groups excluding carboxylic acids is 1. The summed E-state index contributed by atoms with van der Waals surface area (Å²) in [7, 11) is 0. The number of hydrogen-bond acceptors (Lipinski definition) is 4. The highest BCUT2D eigenvalue weighted by atomic mass is 35.5. The number of nitrogens with zero attached hydrogens (tertiary/aromatic N) is 3. The Morgan fingerprint density at radius 3 is 2.75 bits per heavy atom. The van der Waals surface area contributed by atoms with E-state index in [1.165, 1.54) is 12.3 Å². The van der Waals surface area contributed by atoms with Crippen LogP contribution in [0, 0.1) is 11.8 Å². The second-order valence-corrected chi connectivity index (χ2v) is 7.71. The molecule has 0 aliphatic carbocycles. The Hall–Kier alpha value is -1.54. The molecule has 158 valence electrons. The SMILES string of the molecule is CC1CCN(C(=O)C2CCCN(c3ncccc3C(F)(F)F)C2)C(CN)C1.Cl. The highest BCUT2D eigenvalue weighted by Gasteiger charge is 2.39. The van der Waals surface area contributed by atoms with E-state index < -0.39 is 11.7 Å². The normalized spacial score (nSPS) is 26.0. The van der Waals surface area contributed by atoms with Crippen LogP contribution in [0.3, 0.4) is 0 Å². The second-order valence-electron chi connectivity index (χ2n) is 7.71. The van der Waals surface area contributed by atoms with Gasteiger partial charge in [0.2, 0.25) is 5.91 Å². The van der Waals surface area contributed by atoms with Crippen LogP contribution in [0.15, 0.2) is 18.3 Å². The molecule has 3 rings (SSSR count). The predicted octanol–water partition coefficient (Wildman–Crippen LogP) is 3.32. The fraction of sp³-hybridized carbons (Fsp3) is 0.684. The molecule has 0 spiro atoms. The molecule has 2 aliphatic heterocycles. The van der Waals surface area contributed by atoms with Crippen LogP contribution in [0.5, 0.6) is 0 Å². The number of hydrogen-bond donors (Lipinski definition) is 1. The van der Waals surface area contributed by atoms with Crippen LogP contribution in [-0.4, -0.2) is 48.0 Å². The molecule has 0 bridgehead atoms. The molecule has 3 heterocycles. The Morgan fingerprint density at radius 2 is 2.07 bits per heavy atom. The summed E-state index contributed by atoms with van der Waals surface area (Å²) in [6, 6.07) is 2.36. The summed E-state index contributed by atoms with van der Waals surface area (Å²) >= 11 is 0. The Morgan fingerprint density at radius 1 is 1.32 bits per heavy atom. The van der Waals surface area contributed by atoms with E-state index in [2.05, 4.69) is 11.9 Å². The lowest BCUT2D eigenvalue weighted by Crippen LogP contribution is -2.53. The van der Waals surface area contributed by atoms with Gasteiger partial charge in [-0.2, -0.15) is 13.2 Å². The van der Waals surface area contributed by atoms with E-state index in [1.807, 2.05) is 4.90 Å². The fourth-order valence-electron chi connectivity index (χ4n) is 4.24. The molecule has 5 nitrogen and oxygen atoms in total. The zero-order chi connectivity index (χ0) is 19.6. The van der Waals surface area contributed by atoms with Gasteiger partial charge in [0.05, 0.1) is 11.5 Å². The van der Waals surface area contributed by atoms with Gasteiger partial charge in [0.1, 0.15) is 5.82 Å². The van der Waals surface area contributed by atoms with E-state index in [-0.39, 0.29) is 42.6 Å². The van der Waals surface area contributed by atoms with Crippen LogP contribution in [0.2, 0.25) is 0 Å². The molecular weight excluding hydrogens is 393 g/mol. The molecule has 28 heavy (non-hydrogen) atoms. The van der Waals surface area contributed by atoms with E-state index in [0.29, 0.717) is 38.4 Å². The summed E-state index contributed by atoms with van der Waals surface area (Å²) < 4.78 is 40.0. The van der Waals surface area contributed by atoms with Gasteiger partial charge in [-0.05, 0) is 43.7 Å². The van der Waals surface area contributed by atoms with Crippen molar-refractivity contribution in [3.05, 3.63) is 23.9 Å². The second kappa shape index (κ2) is 9.31. The van der Waals surface area contributed by atoms with E-state index in [9.17, 15) is 18.0 Å². The molecular formula is C19H28ClF3N4O. The quantitative estimate of drug-likeness (QED) is 0.814. The molecule has 1 aromatic heterocycles. The number of rotatable bonds is 3. The van der Waals surface area contributed by atoms with Gasteiger partial charge < -0.3 is 15.5 Å². The van der Waals surface area contributed by atoms with E-state index in [0.717, 1.165) is 18.9 Å². The number of nitrogens with two attached hydrogens (primary N) is 1. The number of halogens is 4. The van der Waals surface area contributed by atoms with Gasteiger partial charge in [-0.1, -0.05) is 6.92 Å². The summed E-state index contributed by atoms with van der Waals surface area (Å²) in [5.41, 5.74) is 5.12. The highest BCUT2D eigenvalue weighted by Crippen LogP contribution is 2.37. The summed E-state index contributed by atoms with van der Waals surface area (Å²) in [6.07, 6.45) is 0.0869. The minimum Gasteiger partial charge on any atom is -0.355 e. The van der Waals surface area contributed by atoms with Crippen molar-refractivity contribution < 1.29 is 18.0 Å². The van der Waals surface area contributed by atoms with Crippen LogP contribution in [-0.2, 0) is 11.0 Å². The van der Waals surface area contributed by atoms with E-state index in [1.54, 1.807) is 4.90 Å². The molecule has 2 aliphatic rings. The van der Waals surface area contributed by atoms with Crippen molar-refractivity contribution in [1.82, 2.24) is 9.88 Å². The lowest BCUT2D eigenvalue weighted by atomic mass is 9.89. The Bertz CT molecular complexity index is 673. The van der Waals surface area contributed by atoms with Crippen molar-refractivity contribution in [2.45, 2.75) is 44.8 Å². The van der Waals surface area contributed by atoms with Gasteiger partial charge in [0, 0.05) is 38.4 Å². The van der Waals surface area contributed by atoms with Gasteiger partial charge in [-0.3, -0.25) is 4.79 Å². The Labute approximate surface area is 169 Å². The van der Waals surface area contributed by atoms with Crippen molar-refractivity contribution in [2.75, 3.05) is 31.1 Å². The van der Waals surface area contributed by atoms with Gasteiger partial charge in [-0.15, -0.1) is 12.4 Å². The fourth-order valence-corrected chi connectivity index (χ4v) is 4.24. The Kier molecular flexibility index (Phi) is 7.56. The summed E-state index contributed by atoms with van der Waals surface area (Å²) in [4.78, 5) is 20.5. The zero-order valence-electron chi connectivity index (χ0n) is 16.0. The molecule has 2 fully saturated rings. The van der Waals surface area contributed by atoms with Gasteiger partial charge in [-0.25, -0.2) is 4.98 Å². The van der Waals surface area contributed by atoms with Crippen LogP contribution >= 0.6 is 12.4 Å². The molecule has 1 aromatic rings. The third-order valence-corrected chi connectivity index (χ3v) is 5.70. The zero-order valence-corrected chi connectivity index (χ0v) is 16.8. The number of likely N-dealkylation sites (tertiary alicyclic amines) is 1. The van der Waals surface area contributed by atoms with Gasteiger partial charge >= 0.3 is 6.18 Å². The standard InChI is InChI=1S/C19H27F3N4O.ClH/c1-13-6-9-26(15(10-13)11-23)18(27)14-4-3-8-25(12-14)17-16(19(20,21)22)5-2-7-24-17;/h2,5,7,13-15H,3-4,6,8-12,23H2,1H3;1H. The molecule has 0 radical (unpaired) electrons. The predicted molar refractivity (Wildman–Crippen MR) is 104 cm³/mol. The average molecular weight is 421 g/mol. The van der Waals surface area contributed by atoms with E-state index >= 15 is 0 Å². The maximum absolute atomic E-state index is 13.3. The monoisotopic (exact) mass is 420 g/mol. The summed E-state index contributed by atoms with van der Waals surface area (Å²) in [5.74, 6) is 0.161.